The van der Waals surface area contributed by atoms with Crippen molar-refractivity contribution < 1.29 is 4.79 Å². The highest BCUT2D eigenvalue weighted by atomic mass is 16.2. The van der Waals surface area contributed by atoms with E-state index >= 15 is 0 Å². The molecule has 0 radical (unpaired) electrons. The monoisotopic (exact) mass is 273 g/mol. The smallest absolute Gasteiger partial charge is 0.271 e. The minimum absolute atomic E-state index is 0.0301. The van der Waals surface area contributed by atoms with E-state index in [4.69, 9.17) is 0 Å². The van der Waals surface area contributed by atoms with Gasteiger partial charge in [0.25, 0.3) is 5.91 Å². The first-order chi connectivity index (χ1) is 9.63. The van der Waals surface area contributed by atoms with Gasteiger partial charge >= 0.3 is 0 Å². The number of aromatic amines is 2. The highest BCUT2D eigenvalue weighted by molar-refractivity contribution is 5.92. The molecule has 0 saturated carbocycles. The first-order valence-corrected chi connectivity index (χ1v) is 6.96. The molecule has 1 saturated heterocycles. The molecule has 3 rings (SSSR count). The van der Waals surface area contributed by atoms with Crippen molar-refractivity contribution in [2.75, 3.05) is 13.1 Å². The zero-order valence-electron chi connectivity index (χ0n) is 11.8. The Bertz CT molecular complexity index is 615. The van der Waals surface area contributed by atoms with Crippen molar-refractivity contribution in [1.82, 2.24) is 25.1 Å². The number of carbonyl (C=O) groups excluding carboxylic acids is 1. The number of hydrogen-bond acceptors (Lipinski definition) is 3. The summed E-state index contributed by atoms with van der Waals surface area (Å²) in [6, 6.07) is 2.07. The van der Waals surface area contributed by atoms with Crippen LogP contribution in [0.25, 0.3) is 0 Å². The average Bonchev–Trinajstić information content (AvgIpc) is 3.07. The van der Waals surface area contributed by atoms with Crippen LogP contribution in [0.3, 0.4) is 0 Å². The summed E-state index contributed by atoms with van der Waals surface area (Å²) in [5, 5.41) is 7.30. The number of hydrogen-bond donors (Lipinski definition) is 2. The summed E-state index contributed by atoms with van der Waals surface area (Å²) >= 11 is 0. The molecule has 0 aromatic carbocycles. The predicted octanol–water partition coefficient (Wildman–Crippen LogP) is 1.77. The Balaban J connectivity index is 1.73. The van der Waals surface area contributed by atoms with Gasteiger partial charge in [0.05, 0.1) is 11.9 Å². The average molecular weight is 273 g/mol. The van der Waals surface area contributed by atoms with Crippen LogP contribution in [0.1, 0.15) is 46.5 Å². The number of piperidine rings is 1. The molecule has 3 heterocycles. The maximum absolute atomic E-state index is 12.4. The van der Waals surface area contributed by atoms with Crippen LogP contribution in [0.15, 0.2) is 12.3 Å². The number of amides is 1. The number of aryl methyl sites for hydroxylation is 2. The normalized spacial score (nSPS) is 19.3. The van der Waals surface area contributed by atoms with Gasteiger partial charge in [-0.3, -0.25) is 9.89 Å². The fourth-order valence-electron chi connectivity index (χ4n) is 2.75. The lowest BCUT2D eigenvalue weighted by molar-refractivity contribution is 0.0700. The molecule has 0 aliphatic carbocycles. The standard InChI is InChI=1S/C14H19N5O/c1-9-6-12(18-17-9)11-4-3-5-19(8-11)14(20)13-7-15-10(2)16-13/h6-7,11H,3-5,8H2,1-2H3,(H,15,16)(H,17,18)/t11-/m1/s1. The van der Waals surface area contributed by atoms with Crippen LogP contribution in [-0.4, -0.2) is 44.1 Å². The second-order valence-corrected chi connectivity index (χ2v) is 5.45. The van der Waals surface area contributed by atoms with Crippen LogP contribution in [-0.2, 0) is 0 Å². The largest absolute Gasteiger partial charge is 0.338 e. The lowest BCUT2D eigenvalue weighted by atomic mass is 9.94. The SMILES string of the molecule is Cc1cc([C@@H]2CCCN(C(=O)c3cnc(C)[nH]3)C2)n[nH]1. The molecule has 6 heteroatoms. The maximum atomic E-state index is 12.4. The van der Waals surface area contributed by atoms with Crippen molar-refractivity contribution in [2.45, 2.75) is 32.6 Å². The summed E-state index contributed by atoms with van der Waals surface area (Å²) in [6.07, 6.45) is 3.70. The van der Waals surface area contributed by atoms with Crippen molar-refractivity contribution in [1.29, 1.82) is 0 Å². The van der Waals surface area contributed by atoms with E-state index in [0.29, 0.717) is 11.6 Å². The number of carbonyl (C=O) groups is 1. The highest BCUT2D eigenvalue weighted by Gasteiger charge is 2.27. The molecular weight excluding hydrogens is 254 g/mol. The molecule has 0 spiro atoms. The Morgan fingerprint density at radius 3 is 2.95 bits per heavy atom. The van der Waals surface area contributed by atoms with E-state index in [9.17, 15) is 4.79 Å². The van der Waals surface area contributed by atoms with Crippen molar-refractivity contribution in [2.24, 2.45) is 0 Å². The van der Waals surface area contributed by atoms with Crippen LogP contribution in [0.4, 0.5) is 0 Å². The lowest BCUT2D eigenvalue weighted by Crippen LogP contribution is -2.39. The second kappa shape index (κ2) is 5.11. The Kier molecular flexibility index (Phi) is 3.30. The number of imidazole rings is 1. The molecule has 106 valence electrons. The molecule has 20 heavy (non-hydrogen) atoms. The number of nitrogens with one attached hydrogen (secondary N) is 2. The van der Waals surface area contributed by atoms with Crippen molar-refractivity contribution in [3.05, 3.63) is 35.2 Å². The minimum atomic E-state index is 0.0301. The second-order valence-electron chi connectivity index (χ2n) is 5.45. The van der Waals surface area contributed by atoms with Gasteiger partial charge in [0.2, 0.25) is 0 Å². The third-order valence-electron chi connectivity index (χ3n) is 3.79. The summed E-state index contributed by atoms with van der Waals surface area (Å²) in [6.45, 7) is 5.37. The molecule has 1 aliphatic heterocycles. The van der Waals surface area contributed by atoms with E-state index < -0.39 is 0 Å². The molecular formula is C14H19N5O. The fraction of sp³-hybridized carbons (Fsp3) is 0.500. The van der Waals surface area contributed by atoms with Crippen LogP contribution >= 0.6 is 0 Å². The summed E-state index contributed by atoms with van der Waals surface area (Å²) < 4.78 is 0. The van der Waals surface area contributed by atoms with Crippen LogP contribution in [0.5, 0.6) is 0 Å². The third-order valence-corrected chi connectivity index (χ3v) is 3.79. The van der Waals surface area contributed by atoms with Gasteiger partial charge in [-0.05, 0) is 32.8 Å². The Labute approximate surface area is 117 Å². The van der Waals surface area contributed by atoms with Gasteiger partial charge in [-0.15, -0.1) is 0 Å². The summed E-state index contributed by atoms with van der Waals surface area (Å²) in [7, 11) is 0. The van der Waals surface area contributed by atoms with Gasteiger partial charge in [-0.2, -0.15) is 5.10 Å². The molecule has 2 aromatic rings. The Hall–Kier alpha value is -2.11. The number of nitrogens with zero attached hydrogens (tertiary/aromatic N) is 3. The van der Waals surface area contributed by atoms with Crippen LogP contribution in [0, 0.1) is 13.8 Å². The zero-order chi connectivity index (χ0) is 14.1. The number of rotatable bonds is 2. The Morgan fingerprint density at radius 2 is 2.30 bits per heavy atom. The fourth-order valence-corrected chi connectivity index (χ4v) is 2.75. The van der Waals surface area contributed by atoms with Gasteiger partial charge in [-0.25, -0.2) is 4.98 Å². The van der Waals surface area contributed by atoms with E-state index in [1.165, 1.54) is 0 Å². The molecule has 2 N–H and O–H groups in total. The lowest BCUT2D eigenvalue weighted by Gasteiger charge is -2.31. The number of likely N-dealkylation sites (tertiary alicyclic amines) is 1. The van der Waals surface area contributed by atoms with E-state index in [0.717, 1.165) is 43.1 Å². The third kappa shape index (κ3) is 2.45. The molecule has 1 fully saturated rings. The first kappa shape index (κ1) is 12.9. The number of aromatic nitrogens is 4. The molecule has 1 aliphatic rings. The van der Waals surface area contributed by atoms with Crippen LogP contribution in [0.2, 0.25) is 0 Å². The molecule has 0 bridgehead atoms. The minimum Gasteiger partial charge on any atom is -0.338 e. The highest BCUT2D eigenvalue weighted by Crippen LogP contribution is 2.26. The predicted molar refractivity (Wildman–Crippen MR) is 74.5 cm³/mol. The molecule has 2 aromatic heterocycles. The summed E-state index contributed by atoms with van der Waals surface area (Å²) in [5.41, 5.74) is 2.69. The molecule has 1 atom stereocenters. The van der Waals surface area contributed by atoms with Crippen molar-refractivity contribution in [3.63, 3.8) is 0 Å². The van der Waals surface area contributed by atoms with E-state index in [1.807, 2.05) is 18.7 Å². The maximum Gasteiger partial charge on any atom is 0.271 e. The summed E-state index contributed by atoms with van der Waals surface area (Å²) in [4.78, 5) is 21.4. The van der Waals surface area contributed by atoms with Gasteiger partial charge in [-0.1, -0.05) is 0 Å². The Morgan fingerprint density at radius 1 is 1.45 bits per heavy atom. The van der Waals surface area contributed by atoms with E-state index in [2.05, 4.69) is 26.2 Å². The van der Waals surface area contributed by atoms with Crippen LogP contribution < -0.4 is 0 Å². The van der Waals surface area contributed by atoms with E-state index in [-0.39, 0.29) is 5.91 Å². The zero-order valence-corrected chi connectivity index (χ0v) is 11.8. The van der Waals surface area contributed by atoms with E-state index in [1.54, 1.807) is 6.20 Å². The van der Waals surface area contributed by atoms with Gasteiger partial charge in [0.15, 0.2) is 0 Å². The van der Waals surface area contributed by atoms with Gasteiger partial charge in [0.1, 0.15) is 11.5 Å². The van der Waals surface area contributed by atoms with Crippen molar-refractivity contribution >= 4 is 5.91 Å². The molecule has 0 unspecified atom stereocenters. The van der Waals surface area contributed by atoms with Crippen molar-refractivity contribution in [3.8, 4) is 0 Å². The number of H-pyrrole nitrogens is 2. The molecule has 1 amide bonds. The van der Waals surface area contributed by atoms with Gasteiger partial charge < -0.3 is 9.88 Å². The summed E-state index contributed by atoms with van der Waals surface area (Å²) in [5.74, 6) is 1.12. The molecule has 6 nitrogen and oxygen atoms in total. The topological polar surface area (TPSA) is 77.7 Å². The quantitative estimate of drug-likeness (QED) is 0.875. The van der Waals surface area contributed by atoms with Gasteiger partial charge in [0, 0.05) is 24.7 Å². The first-order valence-electron chi connectivity index (χ1n) is 6.96.